The molecule has 0 unspecified atom stereocenters. The number of esters is 1. The van der Waals surface area contributed by atoms with Crippen LogP contribution in [-0.4, -0.2) is 50.7 Å². The lowest BCUT2D eigenvalue weighted by Gasteiger charge is -2.26. The van der Waals surface area contributed by atoms with Crippen molar-refractivity contribution in [1.29, 1.82) is 0 Å². The molecule has 0 aromatic carbocycles. The van der Waals surface area contributed by atoms with E-state index in [1.165, 1.54) is 7.11 Å². The highest BCUT2D eigenvalue weighted by Gasteiger charge is 2.09. The highest BCUT2D eigenvalue weighted by atomic mass is 35.5. The van der Waals surface area contributed by atoms with E-state index in [1.807, 2.05) is 0 Å². The van der Waals surface area contributed by atoms with Gasteiger partial charge in [-0.1, -0.05) is 0 Å². The molecule has 4 nitrogen and oxygen atoms in total. The molecule has 0 bridgehead atoms. The van der Waals surface area contributed by atoms with Gasteiger partial charge in [-0.15, -0.1) is 12.4 Å². The SMILES string of the molecule is COC(=O)CCCN1CCNCC1.Cl. The van der Waals surface area contributed by atoms with Crippen LogP contribution in [0.5, 0.6) is 0 Å². The van der Waals surface area contributed by atoms with E-state index in [-0.39, 0.29) is 18.4 Å². The molecule has 1 aliphatic heterocycles. The number of hydrogen-bond acceptors (Lipinski definition) is 4. The Hall–Kier alpha value is -0.320. The number of piperazine rings is 1. The lowest BCUT2D eigenvalue weighted by atomic mass is 10.2. The summed E-state index contributed by atoms with van der Waals surface area (Å²) in [4.78, 5) is 13.2. The van der Waals surface area contributed by atoms with Crippen LogP contribution in [0, 0.1) is 0 Å². The fraction of sp³-hybridized carbons (Fsp3) is 0.889. The molecule has 14 heavy (non-hydrogen) atoms. The van der Waals surface area contributed by atoms with Gasteiger partial charge in [0.25, 0.3) is 0 Å². The maximum atomic E-state index is 10.8. The van der Waals surface area contributed by atoms with Crippen LogP contribution in [0.15, 0.2) is 0 Å². The van der Waals surface area contributed by atoms with Crippen LogP contribution in [-0.2, 0) is 9.53 Å². The van der Waals surface area contributed by atoms with Gasteiger partial charge in [-0.05, 0) is 13.0 Å². The van der Waals surface area contributed by atoms with E-state index in [4.69, 9.17) is 0 Å². The molecule has 0 amide bonds. The molecule has 0 spiro atoms. The van der Waals surface area contributed by atoms with Crippen molar-refractivity contribution in [3.05, 3.63) is 0 Å². The Balaban J connectivity index is 0.00000169. The van der Waals surface area contributed by atoms with Crippen molar-refractivity contribution in [3.63, 3.8) is 0 Å². The summed E-state index contributed by atoms with van der Waals surface area (Å²) in [5.41, 5.74) is 0. The third kappa shape index (κ3) is 5.42. The average Bonchev–Trinajstić information content (AvgIpc) is 2.19. The molecular formula is C9H19ClN2O2. The van der Waals surface area contributed by atoms with Crippen molar-refractivity contribution in [3.8, 4) is 0 Å². The fourth-order valence-corrected chi connectivity index (χ4v) is 1.48. The minimum Gasteiger partial charge on any atom is -0.469 e. The normalized spacial score (nSPS) is 17.2. The zero-order valence-electron chi connectivity index (χ0n) is 8.62. The van der Waals surface area contributed by atoms with Gasteiger partial charge < -0.3 is 15.0 Å². The lowest BCUT2D eigenvalue weighted by Crippen LogP contribution is -2.43. The van der Waals surface area contributed by atoms with E-state index >= 15 is 0 Å². The first-order valence-corrected chi connectivity index (χ1v) is 4.83. The predicted molar refractivity (Wildman–Crippen MR) is 57.8 cm³/mol. The van der Waals surface area contributed by atoms with Crippen LogP contribution in [0.2, 0.25) is 0 Å². The molecule has 1 heterocycles. The second kappa shape index (κ2) is 8.03. The molecule has 0 aromatic rings. The third-order valence-electron chi connectivity index (χ3n) is 2.29. The topological polar surface area (TPSA) is 41.6 Å². The van der Waals surface area contributed by atoms with Crippen LogP contribution < -0.4 is 5.32 Å². The number of carbonyl (C=O) groups excluding carboxylic acids is 1. The second-order valence-electron chi connectivity index (χ2n) is 3.27. The van der Waals surface area contributed by atoms with E-state index in [1.54, 1.807) is 0 Å². The van der Waals surface area contributed by atoms with E-state index in [0.29, 0.717) is 6.42 Å². The Morgan fingerprint density at radius 3 is 2.64 bits per heavy atom. The highest BCUT2D eigenvalue weighted by molar-refractivity contribution is 5.85. The number of rotatable bonds is 4. The van der Waals surface area contributed by atoms with Gasteiger partial charge >= 0.3 is 5.97 Å². The van der Waals surface area contributed by atoms with Crippen molar-refractivity contribution in [2.24, 2.45) is 0 Å². The molecule has 1 fully saturated rings. The number of halogens is 1. The molecule has 0 atom stereocenters. The van der Waals surface area contributed by atoms with Gasteiger partial charge in [0.15, 0.2) is 0 Å². The number of nitrogens with zero attached hydrogens (tertiary/aromatic N) is 1. The summed E-state index contributed by atoms with van der Waals surface area (Å²) in [6.07, 6.45) is 1.45. The van der Waals surface area contributed by atoms with Crippen LogP contribution in [0.4, 0.5) is 0 Å². The van der Waals surface area contributed by atoms with Crippen molar-refractivity contribution >= 4 is 18.4 Å². The third-order valence-corrected chi connectivity index (χ3v) is 2.29. The molecule has 1 rings (SSSR count). The van der Waals surface area contributed by atoms with Crippen LogP contribution in [0.3, 0.4) is 0 Å². The Morgan fingerprint density at radius 2 is 2.07 bits per heavy atom. The molecule has 0 saturated carbocycles. The van der Waals surface area contributed by atoms with Gasteiger partial charge in [0.05, 0.1) is 7.11 Å². The van der Waals surface area contributed by atoms with Crippen LogP contribution in [0.25, 0.3) is 0 Å². The largest absolute Gasteiger partial charge is 0.469 e. The van der Waals surface area contributed by atoms with Gasteiger partial charge in [-0.3, -0.25) is 4.79 Å². The van der Waals surface area contributed by atoms with Crippen molar-refractivity contribution in [2.45, 2.75) is 12.8 Å². The van der Waals surface area contributed by atoms with E-state index < -0.39 is 0 Å². The Labute approximate surface area is 91.4 Å². The minimum absolute atomic E-state index is 0. The predicted octanol–water partition coefficient (Wildman–Crippen LogP) is 0.267. The van der Waals surface area contributed by atoms with Crippen molar-refractivity contribution in [2.75, 3.05) is 39.8 Å². The number of hydrogen-bond donors (Lipinski definition) is 1. The van der Waals surface area contributed by atoms with Crippen LogP contribution in [0.1, 0.15) is 12.8 Å². The summed E-state index contributed by atoms with van der Waals surface area (Å²) in [5, 5.41) is 3.29. The molecule has 1 aliphatic rings. The number of methoxy groups -OCH3 is 1. The lowest BCUT2D eigenvalue weighted by molar-refractivity contribution is -0.140. The molecule has 1 saturated heterocycles. The molecule has 84 valence electrons. The van der Waals surface area contributed by atoms with E-state index in [9.17, 15) is 4.79 Å². The molecule has 5 heteroatoms. The number of ether oxygens (including phenoxy) is 1. The first kappa shape index (κ1) is 13.7. The highest BCUT2D eigenvalue weighted by Crippen LogP contribution is 1.98. The Kier molecular flexibility index (Phi) is 7.84. The van der Waals surface area contributed by atoms with Gasteiger partial charge in [0, 0.05) is 32.6 Å². The van der Waals surface area contributed by atoms with Gasteiger partial charge in [-0.25, -0.2) is 0 Å². The standard InChI is InChI=1S/C9H18N2O2.ClH/c1-13-9(12)3-2-6-11-7-4-10-5-8-11;/h10H,2-8H2,1H3;1H. The quantitative estimate of drug-likeness (QED) is 0.694. The maximum Gasteiger partial charge on any atom is 0.305 e. The smallest absolute Gasteiger partial charge is 0.305 e. The summed E-state index contributed by atoms with van der Waals surface area (Å²) in [7, 11) is 1.44. The van der Waals surface area contributed by atoms with Gasteiger partial charge in [-0.2, -0.15) is 0 Å². The summed E-state index contributed by atoms with van der Waals surface area (Å²) in [6, 6.07) is 0. The molecule has 0 radical (unpaired) electrons. The molecule has 0 aromatic heterocycles. The molecular weight excluding hydrogens is 204 g/mol. The molecule has 1 N–H and O–H groups in total. The van der Waals surface area contributed by atoms with E-state index in [2.05, 4.69) is 15.0 Å². The monoisotopic (exact) mass is 222 g/mol. The minimum atomic E-state index is -0.102. The van der Waals surface area contributed by atoms with Crippen molar-refractivity contribution < 1.29 is 9.53 Å². The Morgan fingerprint density at radius 1 is 1.43 bits per heavy atom. The summed E-state index contributed by atoms with van der Waals surface area (Å²) in [5.74, 6) is -0.102. The molecule has 0 aliphatic carbocycles. The summed E-state index contributed by atoms with van der Waals surface area (Å²) < 4.78 is 4.57. The number of carbonyl (C=O) groups is 1. The first-order valence-electron chi connectivity index (χ1n) is 4.83. The van der Waals surface area contributed by atoms with E-state index in [0.717, 1.165) is 39.1 Å². The van der Waals surface area contributed by atoms with Gasteiger partial charge in [0.2, 0.25) is 0 Å². The van der Waals surface area contributed by atoms with Crippen molar-refractivity contribution in [1.82, 2.24) is 10.2 Å². The van der Waals surface area contributed by atoms with Gasteiger partial charge in [0.1, 0.15) is 0 Å². The summed E-state index contributed by atoms with van der Waals surface area (Å²) in [6.45, 7) is 5.34. The van der Waals surface area contributed by atoms with Crippen LogP contribution >= 0.6 is 12.4 Å². The summed E-state index contributed by atoms with van der Waals surface area (Å²) >= 11 is 0. The fourth-order valence-electron chi connectivity index (χ4n) is 1.48. The zero-order chi connectivity index (χ0) is 9.52. The zero-order valence-corrected chi connectivity index (χ0v) is 9.44. The Bertz CT molecular complexity index is 161. The first-order chi connectivity index (χ1) is 6.33. The maximum absolute atomic E-state index is 10.8. The second-order valence-corrected chi connectivity index (χ2v) is 3.27. The number of nitrogens with one attached hydrogen (secondary N) is 1. The average molecular weight is 223 g/mol.